The van der Waals surface area contributed by atoms with Crippen LogP contribution in [0.2, 0.25) is 0 Å². The standard InChI is InChI=1S/C21H19N5O/c1-14-12-13-22-21-24-19(25-26(14)21)20(27)23-15(2)16-8-10-18(11-9-16)17-6-4-3-5-7-17/h3-13,15H,1-2H3,(H,23,27). The van der Waals surface area contributed by atoms with Crippen molar-refractivity contribution in [3.8, 4) is 11.1 Å². The first-order valence-electron chi connectivity index (χ1n) is 8.76. The predicted molar refractivity (Wildman–Crippen MR) is 103 cm³/mol. The van der Waals surface area contributed by atoms with Crippen LogP contribution in [0.4, 0.5) is 0 Å². The molecule has 1 amide bonds. The number of aryl methyl sites for hydroxylation is 1. The van der Waals surface area contributed by atoms with Crippen molar-refractivity contribution < 1.29 is 4.79 Å². The Hall–Kier alpha value is -3.54. The number of nitrogens with one attached hydrogen (secondary N) is 1. The van der Waals surface area contributed by atoms with Crippen LogP contribution >= 0.6 is 0 Å². The molecule has 1 unspecified atom stereocenters. The average Bonchev–Trinajstić information content (AvgIpc) is 3.15. The Bertz CT molecular complexity index is 1090. The van der Waals surface area contributed by atoms with Gasteiger partial charge in [0, 0.05) is 11.9 Å². The molecular formula is C21H19N5O. The molecule has 4 aromatic rings. The molecule has 0 aliphatic rings. The summed E-state index contributed by atoms with van der Waals surface area (Å²) in [5.74, 6) is 0.212. The van der Waals surface area contributed by atoms with Gasteiger partial charge >= 0.3 is 0 Å². The second-order valence-corrected chi connectivity index (χ2v) is 6.42. The van der Waals surface area contributed by atoms with Crippen molar-refractivity contribution in [2.75, 3.05) is 0 Å². The Morgan fingerprint density at radius 2 is 1.70 bits per heavy atom. The van der Waals surface area contributed by atoms with Gasteiger partial charge in [0.2, 0.25) is 5.82 Å². The number of fused-ring (bicyclic) bond motifs is 1. The van der Waals surface area contributed by atoms with Gasteiger partial charge in [-0.25, -0.2) is 9.50 Å². The van der Waals surface area contributed by atoms with Crippen LogP contribution in [0.15, 0.2) is 66.9 Å². The van der Waals surface area contributed by atoms with Crippen LogP contribution in [-0.2, 0) is 0 Å². The Labute approximate surface area is 156 Å². The number of aromatic nitrogens is 4. The van der Waals surface area contributed by atoms with Gasteiger partial charge in [0.25, 0.3) is 11.7 Å². The van der Waals surface area contributed by atoms with E-state index in [9.17, 15) is 4.79 Å². The Balaban J connectivity index is 1.50. The maximum Gasteiger partial charge on any atom is 0.291 e. The van der Waals surface area contributed by atoms with Gasteiger partial charge in [0.15, 0.2) is 0 Å². The molecule has 0 spiro atoms. The Morgan fingerprint density at radius 3 is 2.41 bits per heavy atom. The monoisotopic (exact) mass is 357 g/mol. The molecule has 2 aromatic carbocycles. The molecule has 0 fully saturated rings. The fourth-order valence-corrected chi connectivity index (χ4v) is 2.94. The molecule has 0 saturated heterocycles. The maximum absolute atomic E-state index is 12.5. The summed E-state index contributed by atoms with van der Waals surface area (Å²) in [4.78, 5) is 20.9. The fraction of sp³-hybridized carbons (Fsp3) is 0.143. The molecule has 0 aliphatic heterocycles. The van der Waals surface area contributed by atoms with E-state index in [1.54, 1.807) is 10.7 Å². The van der Waals surface area contributed by atoms with E-state index >= 15 is 0 Å². The van der Waals surface area contributed by atoms with E-state index in [0.717, 1.165) is 22.4 Å². The van der Waals surface area contributed by atoms with E-state index in [-0.39, 0.29) is 17.8 Å². The highest BCUT2D eigenvalue weighted by Gasteiger charge is 2.17. The molecule has 134 valence electrons. The van der Waals surface area contributed by atoms with E-state index in [0.29, 0.717) is 5.78 Å². The lowest BCUT2D eigenvalue weighted by atomic mass is 10.0. The number of amides is 1. The molecule has 0 aliphatic carbocycles. The van der Waals surface area contributed by atoms with E-state index in [1.807, 2.05) is 50.2 Å². The summed E-state index contributed by atoms with van der Waals surface area (Å²) in [6, 6.07) is 20.0. The Morgan fingerprint density at radius 1 is 1.00 bits per heavy atom. The average molecular weight is 357 g/mol. The molecule has 0 radical (unpaired) electrons. The summed E-state index contributed by atoms with van der Waals surface area (Å²) >= 11 is 0. The summed E-state index contributed by atoms with van der Waals surface area (Å²) in [7, 11) is 0. The van der Waals surface area contributed by atoms with Gasteiger partial charge in [0.1, 0.15) is 0 Å². The van der Waals surface area contributed by atoms with Crippen molar-refractivity contribution in [2.45, 2.75) is 19.9 Å². The largest absolute Gasteiger partial charge is 0.343 e. The molecule has 6 heteroatoms. The molecule has 1 N–H and O–H groups in total. The number of carbonyl (C=O) groups excluding carboxylic acids is 1. The normalized spacial score (nSPS) is 12.1. The van der Waals surface area contributed by atoms with Gasteiger partial charge in [-0.3, -0.25) is 4.79 Å². The number of hydrogen-bond acceptors (Lipinski definition) is 4. The van der Waals surface area contributed by atoms with Crippen molar-refractivity contribution in [2.24, 2.45) is 0 Å². The van der Waals surface area contributed by atoms with Gasteiger partial charge in [0.05, 0.1) is 6.04 Å². The minimum absolute atomic E-state index is 0.115. The Kier molecular flexibility index (Phi) is 4.38. The lowest BCUT2D eigenvalue weighted by Gasteiger charge is -2.13. The predicted octanol–water partition coefficient (Wildman–Crippen LogP) is 3.59. The fourth-order valence-electron chi connectivity index (χ4n) is 2.94. The zero-order chi connectivity index (χ0) is 18.8. The lowest BCUT2D eigenvalue weighted by molar-refractivity contribution is 0.0929. The quantitative estimate of drug-likeness (QED) is 0.606. The topological polar surface area (TPSA) is 72.2 Å². The highest BCUT2D eigenvalue weighted by atomic mass is 16.2. The minimum Gasteiger partial charge on any atom is -0.343 e. The number of nitrogens with zero attached hydrogens (tertiary/aromatic N) is 4. The molecule has 1 atom stereocenters. The van der Waals surface area contributed by atoms with E-state index in [2.05, 4.69) is 44.6 Å². The van der Waals surface area contributed by atoms with Gasteiger partial charge in [-0.15, -0.1) is 5.10 Å². The van der Waals surface area contributed by atoms with Crippen LogP contribution in [0, 0.1) is 6.92 Å². The molecule has 6 nitrogen and oxygen atoms in total. The SMILES string of the molecule is Cc1ccnc2nc(C(=O)NC(C)c3ccc(-c4ccccc4)cc3)nn12. The summed E-state index contributed by atoms with van der Waals surface area (Å²) < 4.78 is 1.56. The van der Waals surface area contributed by atoms with Crippen LogP contribution in [0.3, 0.4) is 0 Å². The van der Waals surface area contributed by atoms with Crippen molar-refractivity contribution >= 4 is 11.7 Å². The molecule has 27 heavy (non-hydrogen) atoms. The molecule has 0 bridgehead atoms. The van der Waals surface area contributed by atoms with Crippen LogP contribution in [0.25, 0.3) is 16.9 Å². The van der Waals surface area contributed by atoms with Crippen LogP contribution in [-0.4, -0.2) is 25.5 Å². The van der Waals surface area contributed by atoms with Crippen LogP contribution in [0.5, 0.6) is 0 Å². The van der Waals surface area contributed by atoms with E-state index < -0.39 is 0 Å². The van der Waals surface area contributed by atoms with Crippen LogP contribution in [0.1, 0.15) is 34.8 Å². The summed E-state index contributed by atoms with van der Waals surface area (Å²) in [6.45, 7) is 3.83. The van der Waals surface area contributed by atoms with E-state index in [1.165, 1.54) is 0 Å². The van der Waals surface area contributed by atoms with E-state index in [4.69, 9.17) is 0 Å². The smallest absolute Gasteiger partial charge is 0.291 e. The number of benzene rings is 2. The third-order valence-corrected chi connectivity index (χ3v) is 4.50. The zero-order valence-corrected chi connectivity index (χ0v) is 15.1. The highest BCUT2D eigenvalue weighted by molar-refractivity contribution is 5.91. The first-order chi connectivity index (χ1) is 13.1. The van der Waals surface area contributed by atoms with Crippen molar-refractivity contribution in [1.29, 1.82) is 0 Å². The summed E-state index contributed by atoms with van der Waals surface area (Å²) in [5, 5.41) is 7.19. The van der Waals surface area contributed by atoms with Crippen molar-refractivity contribution in [3.05, 3.63) is 83.9 Å². The first kappa shape index (κ1) is 16.9. The number of hydrogen-bond donors (Lipinski definition) is 1. The molecular weight excluding hydrogens is 338 g/mol. The van der Waals surface area contributed by atoms with Gasteiger partial charge < -0.3 is 5.32 Å². The first-order valence-corrected chi connectivity index (χ1v) is 8.76. The minimum atomic E-state index is -0.320. The third kappa shape index (κ3) is 3.42. The molecule has 0 saturated carbocycles. The number of carbonyl (C=O) groups is 1. The number of rotatable bonds is 4. The zero-order valence-electron chi connectivity index (χ0n) is 15.1. The third-order valence-electron chi connectivity index (χ3n) is 4.50. The maximum atomic E-state index is 12.5. The van der Waals surface area contributed by atoms with Gasteiger partial charge in [-0.2, -0.15) is 4.98 Å². The van der Waals surface area contributed by atoms with Crippen molar-refractivity contribution in [3.63, 3.8) is 0 Å². The summed E-state index contributed by atoms with van der Waals surface area (Å²) in [6.07, 6.45) is 1.65. The lowest BCUT2D eigenvalue weighted by Crippen LogP contribution is -2.27. The van der Waals surface area contributed by atoms with Gasteiger partial charge in [-0.05, 0) is 36.6 Å². The molecule has 4 rings (SSSR count). The molecule has 2 aromatic heterocycles. The second kappa shape index (κ2) is 6.99. The summed E-state index contributed by atoms with van der Waals surface area (Å²) in [5.41, 5.74) is 4.19. The van der Waals surface area contributed by atoms with Crippen LogP contribution < -0.4 is 5.32 Å². The van der Waals surface area contributed by atoms with Gasteiger partial charge in [-0.1, -0.05) is 54.6 Å². The molecule has 2 heterocycles. The second-order valence-electron chi connectivity index (χ2n) is 6.42. The highest BCUT2D eigenvalue weighted by Crippen LogP contribution is 2.21. The van der Waals surface area contributed by atoms with Crippen molar-refractivity contribution in [1.82, 2.24) is 24.9 Å².